The first-order valence-corrected chi connectivity index (χ1v) is 8.41. The third kappa shape index (κ3) is 3.47. The molecule has 1 saturated carbocycles. The largest absolute Gasteiger partial charge is 0.481 e. The molecule has 2 rings (SSSR count). The smallest absolute Gasteiger partial charge is 0.306 e. The van der Waals surface area contributed by atoms with E-state index in [0.717, 1.165) is 19.1 Å². The van der Waals surface area contributed by atoms with Gasteiger partial charge in [0, 0.05) is 18.5 Å². The molecule has 1 fully saturated rings. The first-order valence-electron chi connectivity index (χ1n) is 6.52. The molecule has 1 aliphatic carbocycles. The summed E-state index contributed by atoms with van der Waals surface area (Å²) in [6.45, 7) is 0. The van der Waals surface area contributed by atoms with Gasteiger partial charge in [0.1, 0.15) is 10.7 Å². The van der Waals surface area contributed by atoms with E-state index in [2.05, 4.69) is 10.3 Å². The van der Waals surface area contributed by atoms with Crippen LogP contribution < -0.4 is 5.32 Å². The number of nitrogens with one attached hydrogen (secondary N) is 1. The van der Waals surface area contributed by atoms with E-state index in [1.165, 1.54) is 12.3 Å². The van der Waals surface area contributed by atoms with Crippen LogP contribution >= 0.6 is 0 Å². The zero-order valence-electron chi connectivity index (χ0n) is 11.2. The standard InChI is InChI=1S/C13H18N2O4S/c1-20(18,19)11-6-3-7-14-12(11)15-10-5-2-4-9(8-10)13(16)17/h3,6-7,9-10H,2,4-5,8H2,1H3,(H,14,15)(H,16,17). The van der Waals surface area contributed by atoms with Gasteiger partial charge in [0.25, 0.3) is 0 Å². The van der Waals surface area contributed by atoms with Crippen molar-refractivity contribution in [3.63, 3.8) is 0 Å². The van der Waals surface area contributed by atoms with Crippen LogP contribution in [0, 0.1) is 5.92 Å². The number of rotatable bonds is 4. The molecule has 0 spiro atoms. The van der Waals surface area contributed by atoms with Crippen molar-refractivity contribution in [2.24, 2.45) is 5.92 Å². The molecule has 1 aromatic rings. The molecule has 0 aromatic carbocycles. The minimum absolute atomic E-state index is 0.0553. The Labute approximate surface area is 118 Å². The Bertz CT molecular complexity index is 600. The Morgan fingerprint density at radius 1 is 1.45 bits per heavy atom. The summed E-state index contributed by atoms with van der Waals surface area (Å²) in [5.74, 6) is -0.849. The minimum Gasteiger partial charge on any atom is -0.481 e. The van der Waals surface area contributed by atoms with Crippen LogP contribution in [0.5, 0.6) is 0 Å². The van der Waals surface area contributed by atoms with Gasteiger partial charge in [-0.15, -0.1) is 0 Å². The number of hydrogen-bond acceptors (Lipinski definition) is 5. The van der Waals surface area contributed by atoms with Crippen molar-refractivity contribution < 1.29 is 18.3 Å². The van der Waals surface area contributed by atoms with E-state index in [-0.39, 0.29) is 16.9 Å². The van der Waals surface area contributed by atoms with Crippen molar-refractivity contribution >= 4 is 21.6 Å². The molecule has 0 amide bonds. The molecule has 2 atom stereocenters. The predicted molar refractivity (Wildman–Crippen MR) is 74.4 cm³/mol. The maximum absolute atomic E-state index is 11.7. The van der Waals surface area contributed by atoms with Gasteiger partial charge < -0.3 is 10.4 Å². The molecule has 2 unspecified atom stereocenters. The van der Waals surface area contributed by atoms with Gasteiger partial charge in [-0.1, -0.05) is 6.42 Å². The fourth-order valence-corrected chi connectivity index (χ4v) is 3.33. The number of carboxylic acids is 1. The van der Waals surface area contributed by atoms with Gasteiger partial charge in [-0.2, -0.15) is 0 Å². The van der Waals surface area contributed by atoms with E-state index in [1.807, 2.05) is 0 Å². The first-order chi connectivity index (χ1) is 9.38. The zero-order chi connectivity index (χ0) is 14.8. The van der Waals surface area contributed by atoms with Crippen molar-refractivity contribution in [1.29, 1.82) is 0 Å². The molecule has 1 heterocycles. The second kappa shape index (κ2) is 5.78. The third-order valence-electron chi connectivity index (χ3n) is 3.53. The van der Waals surface area contributed by atoms with Crippen LogP contribution in [0.25, 0.3) is 0 Å². The Hall–Kier alpha value is -1.63. The molecule has 7 heteroatoms. The first kappa shape index (κ1) is 14.8. The number of aromatic nitrogens is 1. The molecule has 110 valence electrons. The molecule has 0 radical (unpaired) electrons. The lowest BCUT2D eigenvalue weighted by atomic mass is 9.86. The highest BCUT2D eigenvalue weighted by atomic mass is 32.2. The molecule has 0 bridgehead atoms. The highest BCUT2D eigenvalue weighted by Crippen LogP contribution is 2.28. The SMILES string of the molecule is CS(=O)(=O)c1cccnc1NC1CCCC(C(=O)O)C1. The summed E-state index contributed by atoms with van der Waals surface area (Å²) in [5, 5.41) is 12.2. The number of sulfone groups is 1. The predicted octanol–water partition coefficient (Wildman–Crippen LogP) is 1.54. The second-order valence-electron chi connectivity index (χ2n) is 5.17. The molecule has 6 nitrogen and oxygen atoms in total. The molecule has 20 heavy (non-hydrogen) atoms. The number of anilines is 1. The van der Waals surface area contributed by atoms with E-state index in [9.17, 15) is 13.2 Å². The van der Waals surface area contributed by atoms with Gasteiger partial charge in [0.05, 0.1) is 5.92 Å². The highest BCUT2D eigenvalue weighted by Gasteiger charge is 2.28. The number of pyridine rings is 1. The summed E-state index contributed by atoms with van der Waals surface area (Å²) < 4.78 is 23.4. The lowest BCUT2D eigenvalue weighted by molar-refractivity contribution is -0.142. The maximum Gasteiger partial charge on any atom is 0.306 e. The lowest BCUT2D eigenvalue weighted by Gasteiger charge is -2.28. The zero-order valence-corrected chi connectivity index (χ0v) is 12.1. The monoisotopic (exact) mass is 298 g/mol. The van der Waals surface area contributed by atoms with Gasteiger partial charge in [0.2, 0.25) is 0 Å². The number of carboxylic acid groups (broad SMARTS) is 1. The Morgan fingerprint density at radius 3 is 2.85 bits per heavy atom. The number of nitrogens with zero attached hydrogens (tertiary/aromatic N) is 1. The fourth-order valence-electron chi connectivity index (χ4n) is 2.54. The normalized spacial score (nSPS) is 23.2. The van der Waals surface area contributed by atoms with Crippen molar-refractivity contribution in [1.82, 2.24) is 4.98 Å². The minimum atomic E-state index is -3.36. The fraction of sp³-hybridized carbons (Fsp3) is 0.538. The lowest BCUT2D eigenvalue weighted by Crippen LogP contribution is -2.31. The summed E-state index contributed by atoms with van der Waals surface area (Å²) in [6.07, 6.45) is 5.47. The van der Waals surface area contributed by atoms with Crippen LogP contribution in [0.1, 0.15) is 25.7 Å². The van der Waals surface area contributed by atoms with E-state index in [4.69, 9.17) is 5.11 Å². The van der Waals surface area contributed by atoms with E-state index >= 15 is 0 Å². The Morgan fingerprint density at radius 2 is 2.20 bits per heavy atom. The van der Waals surface area contributed by atoms with Crippen LogP contribution in [0.3, 0.4) is 0 Å². The van der Waals surface area contributed by atoms with Crippen molar-refractivity contribution in [3.05, 3.63) is 18.3 Å². The molecule has 0 saturated heterocycles. The van der Waals surface area contributed by atoms with Crippen LogP contribution in [-0.4, -0.2) is 36.8 Å². The molecular formula is C13H18N2O4S. The van der Waals surface area contributed by atoms with E-state index < -0.39 is 15.8 Å². The number of carbonyl (C=O) groups is 1. The Kier molecular flexibility index (Phi) is 4.27. The average Bonchev–Trinajstić information content (AvgIpc) is 2.38. The average molecular weight is 298 g/mol. The van der Waals surface area contributed by atoms with Gasteiger partial charge in [-0.3, -0.25) is 4.79 Å². The van der Waals surface area contributed by atoms with Crippen LogP contribution in [0.15, 0.2) is 23.2 Å². The van der Waals surface area contributed by atoms with E-state index in [0.29, 0.717) is 18.7 Å². The van der Waals surface area contributed by atoms with E-state index in [1.54, 1.807) is 6.07 Å². The summed E-state index contributed by atoms with van der Waals surface area (Å²) in [6, 6.07) is 3.02. The summed E-state index contributed by atoms with van der Waals surface area (Å²) >= 11 is 0. The van der Waals surface area contributed by atoms with Crippen molar-refractivity contribution in [2.75, 3.05) is 11.6 Å². The van der Waals surface area contributed by atoms with Crippen LogP contribution in [0.4, 0.5) is 5.82 Å². The van der Waals surface area contributed by atoms with Gasteiger partial charge >= 0.3 is 5.97 Å². The van der Waals surface area contributed by atoms with Crippen molar-refractivity contribution in [3.8, 4) is 0 Å². The molecule has 2 N–H and O–H groups in total. The molecule has 1 aromatic heterocycles. The molecule has 1 aliphatic rings. The quantitative estimate of drug-likeness (QED) is 0.875. The maximum atomic E-state index is 11.7. The summed E-state index contributed by atoms with van der Waals surface area (Å²) in [4.78, 5) is 15.3. The van der Waals surface area contributed by atoms with Gasteiger partial charge in [-0.05, 0) is 31.4 Å². The topological polar surface area (TPSA) is 96.4 Å². The Balaban J connectivity index is 2.16. The third-order valence-corrected chi connectivity index (χ3v) is 4.66. The summed E-state index contributed by atoms with van der Waals surface area (Å²) in [5.41, 5.74) is 0. The molecule has 0 aliphatic heterocycles. The van der Waals surface area contributed by atoms with Crippen molar-refractivity contribution in [2.45, 2.75) is 36.6 Å². The van der Waals surface area contributed by atoms with Gasteiger partial charge in [0.15, 0.2) is 9.84 Å². The number of hydrogen-bond donors (Lipinski definition) is 2. The molecular weight excluding hydrogens is 280 g/mol. The van der Waals surface area contributed by atoms with Gasteiger partial charge in [-0.25, -0.2) is 13.4 Å². The van der Waals surface area contributed by atoms with Crippen LogP contribution in [0.2, 0.25) is 0 Å². The van der Waals surface area contributed by atoms with Crippen LogP contribution in [-0.2, 0) is 14.6 Å². The second-order valence-corrected chi connectivity index (χ2v) is 7.15. The number of aliphatic carboxylic acids is 1. The summed E-state index contributed by atoms with van der Waals surface area (Å²) in [7, 11) is -3.36. The highest BCUT2D eigenvalue weighted by molar-refractivity contribution is 7.90.